The molecule has 6 nitrogen and oxygen atoms in total. The van der Waals surface area contributed by atoms with Gasteiger partial charge in [-0.05, 0) is 12.5 Å². The van der Waals surface area contributed by atoms with E-state index in [0.717, 1.165) is 5.56 Å². The summed E-state index contributed by atoms with van der Waals surface area (Å²) in [5.41, 5.74) is 1.05. The third-order valence-electron chi connectivity index (χ3n) is 4.15. The molecular weight excluding hydrogens is 330 g/mol. The SMILES string of the molecule is CC(c1ccccc1)N1CC(C(=O)NCCNC(=O)CCl)CC1=O. The van der Waals surface area contributed by atoms with E-state index in [0.29, 0.717) is 19.6 Å². The Bertz CT molecular complexity index is 594. The van der Waals surface area contributed by atoms with Crippen LogP contribution in [-0.4, -0.2) is 48.1 Å². The number of likely N-dealkylation sites (tertiary alicyclic amines) is 1. The van der Waals surface area contributed by atoms with E-state index in [1.807, 2.05) is 37.3 Å². The number of hydrogen-bond acceptors (Lipinski definition) is 3. The second-order valence-electron chi connectivity index (χ2n) is 5.81. The van der Waals surface area contributed by atoms with Crippen molar-refractivity contribution in [3.8, 4) is 0 Å². The van der Waals surface area contributed by atoms with Gasteiger partial charge in [0, 0.05) is 26.1 Å². The minimum absolute atomic E-state index is 0.0121. The van der Waals surface area contributed by atoms with Crippen LogP contribution in [-0.2, 0) is 14.4 Å². The van der Waals surface area contributed by atoms with E-state index in [1.54, 1.807) is 4.90 Å². The number of nitrogens with zero attached hydrogens (tertiary/aromatic N) is 1. The van der Waals surface area contributed by atoms with Crippen molar-refractivity contribution in [2.45, 2.75) is 19.4 Å². The average molecular weight is 352 g/mol. The van der Waals surface area contributed by atoms with E-state index in [9.17, 15) is 14.4 Å². The van der Waals surface area contributed by atoms with Crippen LogP contribution in [0, 0.1) is 5.92 Å². The van der Waals surface area contributed by atoms with Crippen LogP contribution in [0.15, 0.2) is 30.3 Å². The smallest absolute Gasteiger partial charge is 0.234 e. The third kappa shape index (κ3) is 4.71. The normalized spacial score (nSPS) is 18.3. The molecule has 1 aliphatic rings. The van der Waals surface area contributed by atoms with Gasteiger partial charge in [-0.25, -0.2) is 0 Å². The van der Waals surface area contributed by atoms with Gasteiger partial charge in [0.15, 0.2) is 0 Å². The molecule has 2 unspecified atom stereocenters. The lowest BCUT2D eigenvalue weighted by atomic mass is 10.1. The molecule has 130 valence electrons. The summed E-state index contributed by atoms with van der Waals surface area (Å²) < 4.78 is 0. The van der Waals surface area contributed by atoms with Gasteiger partial charge in [0.2, 0.25) is 17.7 Å². The van der Waals surface area contributed by atoms with Crippen molar-refractivity contribution >= 4 is 29.3 Å². The molecule has 2 rings (SSSR count). The van der Waals surface area contributed by atoms with Gasteiger partial charge in [0.25, 0.3) is 0 Å². The number of carbonyl (C=O) groups excluding carboxylic acids is 3. The molecule has 2 N–H and O–H groups in total. The molecule has 0 saturated carbocycles. The van der Waals surface area contributed by atoms with Crippen molar-refractivity contribution in [2.24, 2.45) is 5.92 Å². The van der Waals surface area contributed by atoms with Crippen molar-refractivity contribution in [2.75, 3.05) is 25.5 Å². The van der Waals surface area contributed by atoms with Crippen LogP contribution < -0.4 is 10.6 Å². The standard InChI is InChI=1S/C17H22ClN3O3/c1-12(13-5-3-2-4-6-13)21-11-14(9-16(21)23)17(24)20-8-7-19-15(22)10-18/h2-6,12,14H,7-11H2,1H3,(H,19,22)(H,20,24). The Labute approximate surface area is 146 Å². The van der Waals surface area contributed by atoms with Gasteiger partial charge in [-0.1, -0.05) is 30.3 Å². The van der Waals surface area contributed by atoms with Gasteiger partial charge in [-0.15, -0.1) is 11.6 Å². The Hall–Kier alpha value is -2.08. The molecule has 0 bridgehead atoms. The number of benzene rings is 1. The van der Waals surface area contributed by atoms with Crippen LogP contribution in [0.3, 0.4) is 0 Å². The molecule has 1 aliphatic heterocycles. The molecule has 7 heteroatoms. The van der Waals surface area contributed by atoms with E-state index in [4.69, 9.17) is 11.6 Å². The first-order chi connectivity index (χ1) is 11.5. The molecule has 1 aromatic carbocycles. The fraction of sp³-hybridized carbons (Fsp3) is 0.471. The van der Waals surface area contributed by atoms with E-state index >= 15 is 0 Å². The Morgan fingerprint density at radius 2 is 1.92 bits per heavy atom. The molecule has 0 spiro atoms. The molecule has 0 aromatic heterocycles. The molecule has 2 atom stereocenters. The molecule has 3 amide bonds. The van der Waals surface area contributed by atoms with Crippen molar-refractivity contribution in [3.05, 3.63) is 35.9 Å². The van der Waals surface area contributed by atoms with Gasteiger partial charge in [-0.2, -0.15) is 0 Å². The molecule has 24 heavy (non-hydrogen) atoms. The Balaban J connectivity index is 1.83. The maximum absolute atomic E-state index is 12.2. The highest BCUT2D eigenvalue weighted by atomic mass is 35.5. The maximum atomic E-state index is 12.2. The number of nitrogens with one attached hydrogen (secondary N) is 2. The zero-order valence-electron chi connectivity index (χ0n) is 13.6. The van der Waals surface area contributed by atoms with Gasteiger partial charge in [0.1, 0.15) is 5.88 Å². The van der Waals surface area contributed by atoms with Gasteiger partial charge >= 0.3 is 0 Å². The lowest BCUT2D eigenvalue weighted by Gasteiger charge is -2.25. The summed E-state index contributed by atoms with van der Waals surface area (Å²) in [5.74, 6) is -0.900. The van der Waals surface area contributed by atoms with Crippen molar-refractivity contribution in [1.29, 1.82) is 0 Å². The fourth-order valence-electron chi connectivity index (χ4n) is 2.77. The number of halogens is 1. The highest BCUT2D eigenvalue weighted by molar-refractivity contribution is 6.27. The summed E-state index contributed by atoms with van der Waals surface area (Å²) in [7, 11) is 0. The molecule has 1 fully saturated rings. The van der Waals surface area contributed by atoms with Crippen LogP contribution >= 0.6 is 11.6 Å². The second kappa shape index (κ2) is 8.68. The summed E-state index contributed by atoms with van der Waals surface area (Å²) in [5, 5.41) is 5.32. The summed E-state index contributed by atoms with van der Waals surface area (Å²) in [6.07, 6.45) is 0.219. The molecule has 1 heterocycles. The van der Waals surface area contributed by atoms with Crippen LogP contribution in [0.2, 0.25) is 0 Å². The first kappa shape index (κ1) is 18.3. The van der Waals surface area contributed by atoms with Crippen molar-refractivity contribution in [1.82, 2.24) is 15.5 Å². The minimum Gasteiger partial charge on any atom is -0.354 e. The summed E-state index contributed by atoms with van der Waals surface area (Å²) in [4.78, 5) is 37.2. The number of amides is 3. The van der Waals surface area contributed by atoms with Gasteiger partial charge in [0.05, 0.1) is 12.0 Å². The number of hydrogen-bond donors (Lipinski definition) is 2. The van der Waals surface area contributed by atoms with E-state index in [2.05, 4.69) is 10.6 Å². The van der Waals surface area contributed by atoms with Crippen molar-refractivity contribution in [3.63, 3.8) is 0 Å². The Kier molecular flexibility index (Phi) is 6.61. The predicted molar refractivity (Wildman–Crippen MR) is 91.4 cm³/mol. The monoisotopic (exact) mass is 351 g/mol. The summed E-state index contributed by atoms with van der Waals surface area (Å²) in [6, 6.07) is 9.70. The Morgan fingerprint density at radius 3 is 2.58 bits per heavy atom. The van der Waals surface area contributed by atoms with E-state index in [1.165, 1.54) is 0 Å². The van der Waals surface area contributed by atoms with E-state index in [-0.39, 0.29) is 42.0 Å². The highest BCUT2D eigenvalue weighted by Crippen LogP contribution is 2.28. The molecular formula is C17H22ClN3O3. The van der Waals surface area contributed by atoms with Crippen molar-refractivity contribution < 1.29 is 14.4 Å². The second-order valence-corrected chi connectivity index (χ2v) is 6.08. The van der Waals surface area contributed by atoms with Crippen LogP contribution in [0.25, 0.3) is 0 Å². The maximum Gasteiger partial charge on any atom is 0.234 e. The first-order valence-electron chi connectivity index (χ1n) is 7.97. The lowest BCUT2D eigenvalue weighted by molar-refractivity contribution is -0.130. The quantitative estimate of drug-likeness (QED) is 0.569. The topological polar surface area (TPSA) is 78.5 Å². The van der Waals surface area contributed by atoms with Gasteiger partial charge in [-0.3, -0.25) is 14.4 Å². The lowest BCUT2D eigenvalue weighted by Crippen LogP contribution is -2.38. The zero-order valence-corrected chi connectivity index (χ0v) is 14.4. The largest absolute Gasteiger partial charge is 0.354 e. The number of carbonyl (C=O) groups is 3. The minimum atomic E-state index is -0.354. The van der Waals surface area contributed by atoms with Crippen LogP contribution in [0.4, 0.5) is 0 Å². The third-order valence-corrected chi connectivity index (χ3v) is 4.39. The number of rotatable bonds is 7. The van der Waals surface area contributed by atoms with Gasteiger partial charge < -0.3 is 15.5 Å². The molecule has 0 radical (unpaired) electrons. The summed E-state index contributed by atoms with van der Waals surface area (Å²) >= 11 is 5.37. The molecule has 1 saturated heterocycles. The van der Waals surface area contributed by atoms with Crippen LogP contribution in [0.1, 0.15) is 24.9 Å². The van der Waals surface area contributed by atoms with E-state index < -0.39 is 0 Å². The molecule has 1 aromatic rings. The first-order valence-corrected chi connectivity index (χ1v) is 8.51. The number of alkyl halides is 1. The Morgan fingerprint density at radius 1 is 1.25 bits per heavy atom. The zero-order chi connectivity index (χ0) is 17.5. The predicted octanol–water partition coefficient (Wildman–Crippen LogP) is 1.07. The summed E-state index contributed by atoms with van der Waals surface area (Å²) in [6.45, 7) is 3.02. The average Bonchev–Trinajstić information content (AvgIpc) is 3.00. The van der Waals surface area contributed by atoms with Crippen LogP contribution in [0.5, 0.6) is 0 Å². The highest BCUT2D eigenvalue weighted by Gasteiger charge is 2.36. The fourth-order valence-corrected chi connectivity index (χ4v) is 2.87. The molecule has 0 aliphatic carbocycles.